The van der Waals surface area contributed by atoms with Gasteiger partial charge in [0.1, 0.15) is 12.8 Å². The number of anilines is 1. The summed E-state index contributed by atoms with van der Waals surface area (Å²) in [5, 5.41) is 6.01. The van der Waals surface area contributed by atoms with E-state index in [0.29, 0.717) is 0 Å². The molecular formula is C25H27N2O+. The van der Waals surface area contributed by atoms with Crippen LogP contribution in [-0.4, -0.2) is 24.4 Å². The van der Waals surface area contributed by atoms with E-state index in [4.69, 9.17) is 4.74 Å². The zero-order valence-electron chi connectivity index (χ0n) is 17.2. The van der Waals surface area contributed by atoms with Crippen LogP contribution in [0.3, 0.4) is 0 Å². The molecule has 0 radical (unpaired) electrons. The Hall–Kier alpha value is -3.07. The lowest BCUT2D eigenvalue weighted by Crippen LogP contribution is -2.29. The molecule has 142 valence electrons. The molecule has 0 saturated heterocycles. The smallest absolute Gasteiger partial charge is 0.209 e. The van der Waals surface area contributed by atoms with Gasteiger partial charge in [0.05, 0.1) is 12.5 Å². The maximum Gasteiger partial charge on any atom is 0.209 e. The summed E-state index contributed by atoms with van der Waals surface area (Å²) in [5.74, 6) is 0.900. The van der Waals surface area contributed by atoms with Gasteiger partial charge >= 0.3 is 0 Å². The molecular weight excluding hydrogens is 344 g/mol. The summed E-state index contributed by atoms with van der Waals surface area (Å²) in [6, 6.07) is 21.1. The van der Waals surface area contributed by atoms with E-state index in [2.05, 4.69) is 98.5 Å². The van der Waals surface area contributed by atoms with Crippen LogP contribution in [0.25, 0.3) is 10.8 Å². The van der Waals surface area contributed by atoms with E-state index in [1.165, 1.54) is 33.3 Å². The van der Waals surface area contributed by atoms with Crippen molar-refractivity contribution in [2.24, 2.45) is 0 Å². The Morgan fingerprint density at radius 3 is 2.57 bits per heavy atom. The Bertz CT molecular complexity index is 1120. The van der Waals surface area contributed by atoms with Crippen molar-refractivity contribution in [1.29, 1.82) is 0 Å². The van der Waals surface area contributed by atoms with E-state index >= 15 is 0 Å². The van der Waals surface area contributed by atoms with E-state index in [0.717, 1.165) is 11.4 Å². The number of fused-ring (bicyclic) bond motifs is 2. The first-order valence-corrected chi connectivity index (χ1v) is 9.64. The topological polar surface area (TPSA) is 24.3 Å². The van der Waals surface area contributed by atoms with Crippen molar-refractivity contribution in [3.63, 3.8) is 0 Å². The summed E-state index contributed by atoms with van der Waals surface area (Å²) < 4.78 is 7.75. The molecule has 28 heavy (non-hydrogen) atoms. The molecule has 4 rings (SSSR count). The van der Waals surface area contributed by atoms with Gasteiger partial charge in [0.15, 0.2) is 5.71 Å². The van der Waals surface area contributed by atoms with E-state index in [1.54, 1.807) is 7.11 Å². The second-order valence-corrected chi connectivity index (χ2v) is 7.91. The second-order valence-electron chi connectivity index (χ2n) is 7.91. The van der Waals surface area contributed by atoms with Crippen LogP contribution >= 0.6 is 0 Å². The minimum Gasteiger partial charge on any atom is -0.497 e. The zero-order valence-corrected chi connectivity index (χ0v) is 17.2. The average Bonchev–Trinajstić information content (AvgIpc) is 2.91. The Morgan fingerprint density at radius 1 is 1.04 bits per heavy atom. The number of allylic oxidation sites excluding steroid dienone is 1. The van der Waals surface area contributed by atoms with Crippen LogP contribution < -0.4 is 10.1 Å². The molecule has 1 aliphatic rings. The molecule has 0 bridgehead atoms. The third-order valence-corrected chi connectivity index (χ3v) is 5.77. The SMILES string of the molecule is COc1ccc2c(c1)C(C)(C)C(C(C)=CNc1cccc3ccccc13)=[N+]2C. The van der Waals surface area contributed by atoms with Crippen LogP contribution in [-0.2, 0) is 5.41 Å². The largest absolute Gasteiger partial charge is 0.497 e. The number of benzene rings is 3. The van der Waals surface area contributed by atoms with Gasteiger partial charge in [-0.15, -0.1) is 0 Å². The van der Waals surface area contributed by atoms with Crippen molar-refractivity contribution in [2.75, 3.05) is 19.5 Å². The zero-order chi connectivity index (χ0) is 19.9. The third-order valence-electron chi connectivity index (χ3n) is 5.77. The minimum atomic E-state index is -0.0976. The molecule has 3 heteroatoms. The highest BCUT2D eigenvalue weighted by molar-refractivity contribution is 6.07. The van der Waals surface area contributed by atoms with Crippen molar-refractivity contribution in [1.82, 2.24) is 0 Å². The van der Waals surface area contributed by atoms with E-state index < -0.39 is 0 Å². The van der Waals surface area contributed by atoms with E-state index in [9.17, 15) is 0 Å². The molecule has 1 aliphatic heterocycles. The molecule has 0 aliphatic carbocycles. The predicted octanol–water partition coefficient (Wildman–Crippen LogP) is 5.87. The minimum absolute atomic E-state index is 0.0976. The van der Waals surface area contributed by atoms with Gasteiger partial charge in [-0.25, -0.2) is 0 Å². The van der Waals surface area contributed by atoms with Crippen LogP contribution in [0.2, 0.25) is 0 Å². The van der Waals surface area contributed by atoms with Gasteiger partial charge in [-0.05, 0) is 44.4 Å². The lowest BCUT2D eigenvalue weighted by atomic mass is 9.79. The highest BCUT2D eigenvalue weighted by Crippen LogP contribution is 2.42. The summed E-state index contributed by atoms with van der Waals surface area (Å²) in [6.07, 6.45) is 2.12. The van der Waals surface area contributed by atoms with Gasteiger partial charge < -0.3 is 10.1 Å². The standard InChI is InChI=1S/C25H26N2O/c1-17(16-26-22-12-8-10-18-9-6-7-11-20(18)22)24-25(2,3)21-15-19(28-5)13-14-23(21)27(24)4/h6-16H,1-5H3/p+1. The monoisotopic (exact) mass is 371 g/mol. The van der Waals surface area contributed by atoms with Gasteiger partial charge in [0.25, 0.3) is 0 Å². The summed E-state index contributed by atoms with van der Waals surface area (Å²) in [7, 11) is 3.86. The number of nitrogens with one attached hydrogen (secondary N) is 1. The molecule has 3 nitrogen and oxygen atoms in total. The number of hydrogen-bond donors (Lipinski definition) is 1. The van der Waals surface area contributed by atoms with Crippen molar-refractivity contribution < 1.29 is 9.31 Å². The fourth-order valence-corrected chi connectivity index (χ4v) is 4.47. The number of hydrogen-bond acceptors (Lipinski definition) is 2. The van der Waals surface area contributed by atoms with Gasteiger partial charge in [-0.3, -0.25) is 0 Å². The Balaban J connectivity index is 1.71. The first-order valence-electron chi connectivity index (χ1n) is 9.64. The number of nitrogens with zero attached hydrogens (tertiary/aromatic N) is 1. The summed E-state index contributed by atoms with van der Waals surface area (Å²) in [5.41, 5.74) is 6.07. The van der Waals surface area contributed by atoms with Gasteiger partial charge in [0.2, 0.25) is 5.69 Å². The van der Waals surface area contributed by atoms with Gasteiger partial charge in [0, 0.05) is 34.5 Å². The first-order chi connectivity index (χ1) is 13.4. The van der Waals surface area contributed by atoms with Crippen molar-refractivity contribution >= 4 is 27.9 Å². The van der Waals surface area contributed by atoms with Crippen LogP contribution in [0.4, 0.5) is 11.4 Å². The average molecular weight is 372 g/mol. The van der Waals surface area contributed by atoms with Crippen molar-refractivity contribution in [3.8, 4) is 5.75 Å². The second kappa shape index (κ2) is 6.83. The predicted molar refractivity (Wildman–Crippen MR) is 118 cm³/mol. The highest BCUT2D eigenvalue weighted by Gasteiger charge is 2.45. The summed E-state index contributed by atoms with van der Waals surface area (Å²) in [4.78, 5) is 0. The lowest BCUT2D eigenvalue weighted by Gasteiger charge is -2.18. The number of rotatable bonds is 4. The molecule has 1 N–H and O–H groups in total. The molecule has 1 heterocycles. The van der Waals surface area contributed by atoms with Gasteiger partial charge in [-0.1, -0.05) is 36.4 Å². The fourth-order valence-electron chi connectivity index (χ4n) is 4.47. The van der Waals surface area contributed by atoms with Gasteiger partial charge in [-0.2, -0.15) is 4.58 Å². The maximum atomic E-state index is 5.46. The molecule has 0 atom stereocenters. The van der Waals surface area contributed by atoms with Crippen LogP contribution in [0, 0.1) is 0 Å². The summed E-state index contributed by atoms with van der Waals surface area (Å²) in [6.45, 7) is 6.73. The lowest BCUT2D eigenvalue weighted by molar-refractivity contribution is -0.402. The number of methoxy groups -OCH3 is 1. The van der Waals surface area contributed by atoms with Crippen LogP contribution in [0.15, 0.2) is 72.4 Å². The number of ether oxygens (including phenoxy) is 1. The van der Waals surface area contributed by atoms with Crippen molar-refractivity contribution in [3.05, 3.63) is 78.0 Å². The molecule has 0 spiro atoms. The molecule has 0 amide bonds. The van der Waals surface area contributed by atoms with Crippen LogP contribution in [0.5, 0.6) is 5.75 Å². The first kappa shape index (κ1) is 18.3. The molecule has 3 aromatic carbocycles. The maximum absolute atomic E-state index is 5.46. The molecule has 0 saturated carbocycles. The van der Waals surface area contributed by atoms with E-state index in [-0.39, 0.29) is 5.41 Å². The molecule has 3 aromatic rings. The quantitative estimate of drug-likeness (QED) is 0.580. The highest BCUT2D eigenvalue weighted by atomic mass is 16.5. The molecule has 0 unspecified atom stereocenters. The van der Waals surface area contributed by atoms with E-state index in [1.807, 2.05) is 6.07 Å². The molecule has 0 aromatic heterocycles. The third kappa shape index (κ3) is 2.88. The molecule has 0 fully saturated rings. The Labute approximate surface area is 167 Å². The van der Waals surface area contributed by atoms with Crippen molar-refractivity contribution in [2.45, 2.75) is 26.2 Å². The Kier molecular flexibility index (Phi) is 4.46. The summed E-state index contributed by atoms with van der Waals surface area (Å²) >= 11 is 0. The Morgan fingerprint density at radius 2 is 1.79 bits per heavy atom. The fraction of sp³-hybridized carbons (Fsp3) is 0.240. The normalized spacial score (nSPS) is 15.7. The van der Waals surface area contributed by atoms with Crippen LogP contribution in [0.1, 0.15) is 26.3 Å².